The number of aliphatic carboxylic acids is 2. The van der Waals surface area contributed by atoms with E-state index in [1.54, 1.807) is 0 Å². The second-order valence-corrected chi connectivity index (χ2v) is 6.44. The van der Waals surface area contributed by atoms with Gasteiger partial charge < -0.3 is 40.5 Å². The summed E-state index contributed by atoms with van der Waals surface area (Å²) in [6.45, 7) is -0.150. The molecular weight excluding hydrogens is 412 g/mol. The molecule has 0 bridgehead atoms. The summed E-state index contributed by atoms with van der Waals surface area (Å²) in [5.41, 5.74) is -2.49. The lowest BCUT2D eigenvalue weighted by atomic mass is 9.91. The second kappa shape index (κ2) is 16.6. The number of hydrogen-bond acceptors (Lipinski definition) is 11. The van der Waals surface area contributed by atoms with Crippen LogP contribution in [0.5, 0.6) is 0 Å². The minimum Gasteiger partial charge on any atom is -0.481 e. The summed E-state index contributed by atoms with van der Waals surface area (Å²) in [6.07, 6.45) is 0.291. The van der Waals surface area contributed by atoms with E-state index in [2.05, 4.69) is 16.4 Å². The van der Waals surface area contributed by atoms with Crippen LogP contribution in [0.2, 0.25) is 0 Å². The third kappa shape index (κ3) is 13.2. The first-order valence-electron chi connectivity index (χ1n) is 8.61. The standard InChI is InChI=1S/C13H24O9.C4H6O4/c1-2-11(19)22-21-10-13(6-17,7-18)9-20-8-12(3-14,4-15)5-16;5-3(6)1-2-4(7)8/h2,14-18H,1,3-10H2;1-2H2,(H,5,6)(H,7,8). The van der Waals surface area contributed by atoms with Crippen LogP contribution < -0.4 is 0 Å². The molecule has 7 N–H and O–H groups in total. The molecule has 0 spiro atoms. The first-order chi connectivity index (χ1) is 14.1. The van der Waals surface area contributed by atoms with Crippen LogP contribution >= 0.6 is 0 Å². The third-order valence-corrected chi connectivity index (χ3v) is 3.72. The number of ether oxygens (including phenoxy) is 1. The Bertz CT molecular complexity index is 490. The molecule has 0 saturated heterocycles. The maximum Gasteiger partial charge on any atom is 0.365 e. The van der Waals surface area contributed by atoms with Crippen molar-refractivity contribution in [2.24, 2.45) is 10.8 Å². The number of carboxylic acid groups (broad SMARTS) is 2. The zero-order chi connectivity index (χ0) is 23.6. The van der Waals surface area contributed by atoms with Gasteiger partial charge in [-0.1, -0.05) is 6.58 Å². The van der Waals surface area contributed by atoms with Crippen LogP contribution in [0.3, 0.4) is 0 Å². The molecule has 30 heavy (non-hydrogen) atoms. The van der Waals surface area contributed by atoms with Gasteiger partial charge >= 0.3 is 17.9 Å². The van der Waals surface area contributed by atoms with Crippen LogP contribution in [-0.4, -0.2) is 107 Å². The lowest BCUT2D eigenvalue weighted by molar-refractivity contribution is -0.289. The van der Waals surface area contributed by atoms with Crippen LogP contribution in [0, 0.1) is 10.8 Å². The first-order valence-corrected chi connectivity index (χ1v) is 8.61. The molecule has 176 valence electrons. The van der Waals surface area contributed by atoms with Crippen LogP contribution in [0.4, 0.5) is 0 Å². The van der Waals surface area contributed by atoms with Gasteiger partial charge in [-0.2, -0.15) is 4.89 Å². The minimum atomic E-state index is -1.26. The minimum absolute atomic E-state index is 0.204. The lowest BCUT2D eigenvalue weighted by Crippen LogP contribution is -2.43. The Labute approximate surface area is 172 Å². The molecule has 0 aliphatic heterocycles. The van der Waals surface area contributed by atoms with Crippen LogP contribution in [0.25, 0.3) is 0 Å². The summed E-state index contributed by atoms with van der Waals surface area (Å²) in [6, 6.07) is 0. The molecule has 0 aromatic carbocycles. The number of carbonyl (C=O) groups is 3. The lowest BCUT2D eigenvalue weighted by Gasteiger charge is -2.32. The van der Waals surface area contributed by atoms with Crippen molar-refractivity contribution in [2.45, 2.75) is 12.8 Å². The topological polar surface area (TPSA) is 221 Å². The van der Waals surface area contributed by atoms with Gasteiger partial charge in [-0.25, -0.2) is 4.79 Å². The van der Waals surface area contributed by atoms with Crippen molar-refractivity contribution in [3.8, 4) is 0 Å². The summed E-state index contributed by atoms with van der Waals surface area (Å²) in [5, 5.41) is 62.0. The van der Waals surface area contributed by atoms with E-state index in [9.17, 15) is 24.6 Å². The van der Waals surface area contributed by atoms with Crippen LogP contribution in [0.1, 0.15) is 12.8 Å². The van der Waals surface area contributed by atoms with E-state index in [1.165, 1.54) is 0 Å². The Kier molecular flexibility index (Phi) is 16.7. The molecule has 0 heterocycles. The molecular formula is C17H30O13. The van der Waals surface area contributed by atoms with Crippen molar-refractivity contribution in [1.29, 1.82) is 0 Å². The molecule has 0 fully saturated rings. The van der Waals surface area contributed by atoms with Gasteiger partial charge in [-0.3, -0.25) is 14.5 Å². The van der Waals surface area contributed by atoms with Crippen molar-refractivity contribution in [3.05, 3.63) is 12.7 Å². The number of hydrogen-bond donors (Lipinski definition) is 7. The van der Waals surface area contributed by atoms with Gasteiger partial charge in [-0.05, 0) is 0 Å². The Balaban J connectivity index is 0. The first kappa shape index (κ1) is 30.1. The molecule has 0 aliphatic rings. The largest absolute Gasteiger partial charge is 0.481 e. The average Bonchev–Trinajstić information content (AvgIpc) is 2.74. The second-order valence-electron chi connectivity index (χ2n) is 6.44. The van der Waals surface area contributed by atoms with Crippen LogP contribution in [0.15, 0.2) is 12.7 Å². The normalized spacial score (nSPS) is 11.2. The number of carboxylic acids is 2. The predicted molar refractivity (Wildman–Crippen MR) is 97.9 cm³/mol. The monoisotopic (exact) mass is 442 g/mol. The number of rotatable bonds is 16. The fourth-order valence-electron chi connectivity index (χ4n) is 1.51. The molecule has 13 heteroatoms. The van der Waals surface area contributed by atoms with Gasteiger partial charge in [0.15, 0.2) is 0 Å². The summed E-state index contributed by atoms with van der Waals surface area (Å²) >= 11 is 0. The van der Waals surface area contributed by atoms with E-state index in [0.29, 0.717) is 0 Å². The van der Waals surface area contributed by atoms with Gasteiger partial charge in [-0.15, -0.1) is 0 Å². The number of carbonyl (C=O) groups excluding carboxylic acids is 1. The molecule has 0 atom stereocenters. The average molecular weight is 442 g/mol. The summed E-state index contributed by atoms with van der Waals surface area (Å²) in [7, 11) is 0. The smallest absolute Gasteiger partial charge is 0.365 e. The van der Waals surface area contributed by atoms with Gasteiger partial charge in [0.05, 0.1) is 69.9 Å². The van der Waals surface area contributed by atoms with E-state index >= 15 is 0 Å². The Hall–Kier alpha value is -2.13. The third-order valence-electron chi connectivity index (χ3n) is 3.72. The molecule has 0 unspecified atom stereocenters. The van der Waals surface area contributed by atoms with E-state index < -0.39 is 61.8 Å². The molecule has 0 saturated carbocycles. The van der Waals surface area contributed by atoms with Gasteiger partial charge in [0, 0.05) is 6.08 Å². The Morgan fingerprint density at radius 3 is 1.47 bits per heavy atom. The van der Waals surface area contributed by atoms with Crippen molar-refractivity contribution in [1.82, 2.24) is 0 Å². The highest BCUT2D eigenvalue weighted by Gasteiger charge is 2.34. The van der Waals surface area contributed by atoms with Crippen molar-refractivity contribution in [3.63, 3.8) is 0 Å². The number of aliphatic hydroxyl groups is 5. The Morgan fingerprint density at radius 1 is 0.733 bits per heavy atom. The molecule has 0 aliphatic carbocycles. The highest BCUT2D eigenvalue weighted by atomic mass is 17.2. The van der Waals surface area contributed by atoms with Crippen molar-refractivity contribution < 1.29 is 64.6 Å². The van der Waals surface area contributed by atoms with E-state index in [1.807, 2.05) is 0 Å². The SMILES string of the molecule is C=CC(=O)OOCC(CO)(CO)COCC(CO)(CO)CO.O=C(O)CCC(=O)O. The molecule has 0 rings (SSSR count). The zero-order valence-electron chi connectivity index (χ0n) is 16.4. The zero-order valence-corrected chi connectivity index (χ0v) is 16.4. The fourth-order valence-corrected chi connectivity index (χ4v) is 1.51. The molecule has 0 radical (unpaired) electrons. The van der Waals surface area contributed by atoms with E-state index in [4.69, 9.17) is 30.3 Å². The molecule has 0 aromatic rings. The van der Waals surface area contributed by atoms with Gasteiger partial charge in [0.2, 0.25) is 0 Å². The maximum atomic E-state index is 10.8. The van der Waals surface area contributed by atoms with E-state index in [-0.39, 0.29) is 32.7 Å². The Morgan fingerprint density at radius 2 is 1.13 bits per heavy atom. The van der Waals surface area contributed by atoms with Gasteiger partial charge in [0.1, 0.15) is 6.61 Å². The van der Waals surface area contributed by atoms with Crippen molar-refractivity contribution >= 4 is 17.9 Å². The predicted octanol–water partition coefficient (Wildman–Crippen LogP) is -2.47. The molecule has 13 nitrogen and oxygen atoms in total. The van der Waals surface area contributed by atoms with Crippen molar-refractivity contribution in [2.75, 3.05) is 52.9 Å². The maximum absolute atomic E-state index is 10.8. The summed E-state index contributed by atoms with van der Waals surface area (Å²) in [4.78, 5) is 39.0. The summed E-state index contributed by atoms with van der Waals surface area (Å²) in [5.74, 6) is -2.98. The number of aliphatic hydroxyl groups excluding tert-OH is 5. The summed E-state index contributed by atoms with van der Waals surface area (Å²) < 4.78 is 5.26. The molecule has 0 aromatic heterocycles. The molecule has 0 amide bonds. The highest BCUT2D eigenvalue weighted by molar-refractivity contribution is 5.80. The van der Waals surface area contributed by atoms with Crippen LogP contribution in [-0.2, 0) is 28.9 Å². The van der Waals surface area contributed by atoms with E-state index in [0.717, 1.165) is 6.08 Å². The highest BCUT2D eigenvalue weighted by Crippen LogP contribution is 2.21. The van der Waals surface area contributed by atoms with Gasteiger partial charge in [0.25, 0.3) is 0 Å². The quantitative estimate of drug-likeness (QED) is 0.0749. The fraction of sp³-hybridized carbons (Fsp3) is 0.706.